The lowest BCUT2D eigenvalue weighted by atomic mass is 10.1. The number of hydrogen-bond acceptors (Lipinski definition) is 2. The number of carboxylic acids is 1. The van der Waals surface area contributed by atoms with Gasteiger partial charge in [0.2, 0.25) is 0 Å². The smallest absolute Gasteiger partial charge is 0.303 e. The van der Waals surface area contributed by atoms with Crippen molar-refractivity contribution in [2.75, 3.05) is 0 Å². The molecule has 0 bridgehead atoms. The quantitative estimate of drug-likeness (QED) is 0.823. The highest BCUT2D eigenvalue weighted by atomic mass is 19.1. The molecule has 1 aromatic carbocycles. The number of hydrogen-bond donors (Lipinski definition) is 2. The first-order valence-electron chi connectivity index (χ1n) is 5.28. The molecule has 5 heteroatoms. The van der Waals surface area contributed by atoms with Crippen molar-refractivity contribution in [2.24, 2.45) is 0 Å². The molecule has 4 nitrogen and oxygen atoms in total. The van der Waals surface area contributed by atoms with Crippen LogP contribution in [0.25, 0.3) is 0 Å². The van der Waals surface area contributed by atoms with Crippen LogP contribution in [0, 0.1) is 5.82 Å². The zero-order valence-corrected chi connectivity index (χ0v) is 9.44. The van der Waals surface area contributed by atoms with Crippen molar-refractivity contribution in [1.82, 2.24) is 5.32 Å². The average Bonchev–Trinajstić information content (AvgIpc) is 2.26. The number of amides is 1. The van der Waals surface area contributed by atoms with Gasteiger partial charge >= 0.3 is 5.97 Å². The maximum absolute atomic E-state index is 13.2. The van der Waals surface area contributed by atoms with Crippen LogP contribution >= 0.6 is 0 Å². The molecule has 0 unspecified atom stereocenters. The third-order valence-corrected chi connectivity index (χ3v) is 2.29. The van der Waals surface area contributed by atoms with Crippen LogP contribution in [0.1, 0.15) is 30.1 Å². The average molecular weight is 239 g/mol. The Morgan fingerprint density at radius 1 is 1.41 bits per heavy atom. The lowest BCUT2D eigenvalue weighted by Crippen LogP contribution is -2.33. The Hall–Kier alpha value is -1.91. The van der Waals surface area contributed by atoms with Crippen LogP contribution in [-0.2, 0) is 4.79 Å². The first-order chi connectivity index (χ1) is 8.00. The molecule has 17 heavy (non-hydrogen) atoms. The van der Waals surface area contributed by atoms with Gasteiger partial charge < -0.3 is 10.4 Å². The fourth-order valence-corrected chi connectivity index (χ4v) is 1.36. The Bertz CT molecular complexity index is 420. The Kier molecular flexibility index (Phi) is 4.63. The van der Waals surface area contributed by atoms with Crippen LogP contribution in [0.2, 0.25) is 0 Å². The largest absolute Gasteiger partial charge is 0.481 e. The summed E-state index contributed by atoms with van der Waals surface area (Å²) in [5, 5.41) is 11.0. The number of rotatable bonds is 5. The highest BCUT2D eigenvalue weighted by Gasteiger charge is 2.13. The molecule has 0 saturated heterocycles. The van der Waals surface area contributed by atoms with Gasteiger partial charge in [0.05, 0.1) is 5.56 Å². The Morgan fingerprint density at radius 3 is 2.65 bits per heavy atom. The summed E-state index contributed by atoms with van der Waals surface area (Å²) in [6.07, 6.45) is 0.286. The molecule has 1 atom stereocenters. The van der Waals surface area contributed by atoms with Crippen LogP contribution in [0.15, 0.2) is 24.3 Å². The predicted molar refractivity (Wildman–Crippen MR) is 60.2 cm³/mol. The van der Waals surface area contributed by atoms with E-state index >= 15 is 0 Å². The Morgan fingerprint density at radius 2 is 2.06 bits per heavy atom. The van der Waals surface area contributed by atoms with Crippen molar-refractivity contribution < 1.29 is 19.1 Å². The maximum Gasteiger partial charge on any atom is 0.303 e. The molecule has 0 aliphatic heterocycles. The Labute approximate surface area is 98.5 Å². The van der Waals surface area contributed by atoms with Gasteiger partial charge in [0.1, 0.15) is 5.82 Å². The molecule has 0 aliphatic rings. The van der Waals surface area contributed by atoms with Crippen molar-refractivity contribution in [3.05, 3.63) is 35.6 Å². The molecule has 92 valence electrons. The van der Waals surface area contributed by atoms with E-state index in [0.29, 0.717) is 6.42 Å². The standard InChI is InChI=1S/C12H14FNO3/c1-8(6-7-11(15)16)14-12(17)9-4-2-3-5-10(9)13/h2-5,8H,6-7H2,1H3,(H,14,17)(H,15,16)/t8-/m1/s1. The van der Waals surface area contributed by atoms with E-state index in [1.54, 1.807) is 13.0 Å². The number of carboxylic acid groups (broad SMARTS) is 1. The maximum atomic E-state index is 13.2. The van der Waals surface area contributed by atoms with E-state index in [2.05, 4.69) is 5.32 Å². The van der Waals surface area contributed by atoms with Crippen molar-refractivity contribution in [3.63, 3.8) is 0 Å². The second kappa shape index (κ2) is 5.98. The number of halogens is 1. The van der Waals surface area contributed by atoms with Gasteiger partial charge in [0, 0.05) is 12.5 Å². The van der Waals surface area contributed by atoms with E-state index in [0.717, 1.165) is 0 Å². The predicted octanol–water partition coefficient (Wildman–Crippen LogP) is 1.81. The molecule has 0 saturated carbocycles. The highest BCUT2D eigenvalue weighted by molar-refractivity contribution is 5.94. The van der Waals surface area contributed by atoms with Crippen molar-refractivity contribution >= 4 is 11.9 Å². The van der Waals surface area contributed by atoms with Gasteiger partial charge in [0.25, 0.3) is 5.91 Å². The van der Waals surface area contributed by atoms with E-state index in [4.69, 9.17) is 5.11 Å². The molecule has 0 heterocycles. The van der Waals surface area contributed by atoms with Crippen LogP contribution in [0.4, 0.5) is 4.39 Å². The van der Waals surface area contributed by atoms with Gasteiger partial charge in [-0.3, -0.25) is 9.59 Å². The summed E-state index contributed by atoms with van der Waals surface area (Å²) in [7, 11) is 0. The first-order valence-corrected chi connectivity index (χ1v) is 5.28. The molecule has 1 amide bonds. The summed E-state index contributed by atoms with van der Waals surface area (Å²) in [4.78, 5) is 22.0. The van der Waals surface area contributed by atoms with Gasteiger partial charge in [-0.2, -0.15) is 0 Å². The molecule has 2 N–H and O–H groups in total. The topological polar surface area (TPSA) is 66.4 Å². The third-order valence-electron chi connectivity index (χ3n) is 2.29. The van der Waals surface area contributed by atoms with E-state index in [1.807, 2.05) is 0 Å². The first kappa shape index (κ1) is 13.2. The van der Waals surface area contributed by atoms with Gasteiger partial charge in [-0.25, -0.2) is 4.39 Å². The number of benzene rings is 1. The minimum atomic E-state index is -0.919. The second-order valence-electron chi connectivity index (χ2n) is 3.79. The van der Waals surface area contributed by atoms with Crippen LogP contribution < -0.4 is 5.32 Å². The third kappa shape index (κ3) is 4.22. The molecular weight excluding hydrogens is 225 g/mol. The zero-order chi connectivity index (χ0) is 12.8. The van der Waals surface area contributed by atoms with Crippen LogP contribution in [0.5, 0.6) is 0 Å². The van der Waals surface area contributed by atoms with Gasteiger partial charge in [-0.05, 0) is 25.5 Å². The van der Waals surface area contributed by atoms with Crippen molar-refractivity contribution in [1.29, 1.82) is 0 Å². The molecule has 0 fully saturated rings. The molecule has 0 aliphatic carbocycles. The molecule has 0 aromatic heterocycles. The fraction of sp³-hybridized carbons (Fsp3) is 0.333. The highest BCUT2D eigenvalue weighted by Crippen LogP contribution is 2.07. The molecule has 0 radical (unpaired) electrons. The summed E-state index contributed by atoms with van der Waals surface area (Å²) in [5.41, 5.74) is -0.0327. The number of aliphatic carboxylic acids is 1. The van der Waals surface area contributed by atoms with Gasteiger partial charge in [-0.1, -0.05) is 12.1 Å². The summed E-state index contributed by atoms with van der Waals surface area (Å²) in [6.45, 7) is 1.68. The van der Waals surface area contributed by atoms with Crippen molar-refractivity contribution in [2.45, 2.75) is 25.8 Å². The van der Waals surface area contributed by atoms with Crippen LogP contribution in [-0.4, -0.2) is 23.0 Å². The van der Waals surface area contributed by atoms with Crippen molar-refractivity contribution in [3.8, 4) is 0 Å². The number of nitrogens with one attached hydrogen (secondary N) is 1. The van der Waals surface area contributed by atoms with Crippen LogP contribution in [0.3, 0.4) is 0 Å². The minimum Gasteiger partial charge on any atom is -0.481 e. The molecule has 1 aromatic rings. The van der Waals surface area contributed by atoms with E-state index in [9.17, 15) is 14.0 Å². The minimum absolute atomic E-state index is 0.0290. The normalized spacial score (nSPS) is 11.9. The Balaban J connectivity index is 2.55. The summed E-state index contributed by atoms with van der Waals surface area (Å²) >= 11 is 0. The second-order valence-corrected chi connectivity index (χ2v) is 3.79. The van der Waals surface area contributed by atoms with Gasteiger partial charge in [0.15, 0.2) is 0 Å². The SMILES string of the molecule is C[C@H](CCC(=O)O)NC(=O)c1ccccc1F. The summed E-state index contributed by atoms with van der Waals surface area (Å²) in [5.74, 6) is -2.03. The van der Waals surface area contributed by atoms with Gasteiger partial charge in [-0.15, -0.1) is 0 Å². The summed E-state index contributed by atoms with van der Waals surface area (Å²) < 4.78 is 13.2. The molecule has 1 rings (SSSR count). The lowest BCUT2D eigenvalue weighted by molar-refractivity contribution is -0.137. The molecule has 0 spiro atoms. The lowest BCUT2D eigenvalue weighted by Gasteiger charge is -2.12. The summed E-state index contributed by atoms with van der Waals surface area (Å²) in [6, 6.07) is 5.35. The van der Waals surface area contributed by atoms with E-state index in [1.165, 1.54) is 18.2 Å². The monoisotopic (exact) mass is 239 g/mol. The zero-order valence-electron chi connectivity index (χ0n) is 9.44. The fourth-order valence-electron chi connectivity index (χ4n) is 1.36. The molecular formula is C12H14FNO3. The number of carbonyl (C=O) groups is 2. The van der Waals surface area contributed by atoms with E-state index in [-0.39, 0.29) is 18.0 Å². The van der Waals surface area contributed by atoms with E-state index < -0.39 is 17.7 Å². The number of carbonyl (C=O) groups excluding carboxylic acids is 1.